The molecule has 136 valence electrons. The number of quaternary nitrogens is 1. The fourth-order valence-corrected chi connectivity index (χ4v) is 3.15. The molecule has 0 unspecified atom stereocenters. The Bertz CT molecular complexity index is 763. The highest BCUT2D eigenvalue weighted by Gasteiger charge is 2.25. The number of aliphatic carboxylic acids is 1. The molecule has 1 aliphatic rings. The van der Waals surface area contributed by atoms with Crippen LogP contribution in [-0.4, -0.2) is 43.0 Å². The van der Waals surface area contributed by atoms with Crippen LogP contribution in [0.2, 0.25) is 0 Å². The number of benzene rings is 2. The maximum atomic E-state index is 12.9. The van der Waals surface area contributed by atoms with E-state index in [0.717, 1.165) is 6.54 Å². The Labute approximate surface area is 152 Å². The molecule has 1 fully saturated rings. The second-order valence-corrected chi connectivity index (χ2v) is 6.45. The Kier molecular flexibility index (Phi) is 5.86. The van der Waals surface area contributed by atoms with E-state index in [1.54, 1.807) is 29.2 Å². The van der Waals surface area contributed by atoms with Gasteiger partial charge in [0.05, 0.1) is 19.6 Å². The average molecular weight is 354 g/mol. The van der Waals surface area contributed by atoms with E-state index >= 15 is 0 Å². The molecule has 0 bridgehead atoms. The molecule has 0 saturated carbocycles. The summed E-state index contributed by atoms with van der Waals surface area (Å²) in [5, 5.41) is 13.0. The minimum Gasteiger partial charge on any atom is -0.550 e. The maximum Gasteiger partial charge on any atom is 0.254 e. The first-order valence-electron chi connectivity index (χ1n) is 8.75. The molecule has 1 atom stereocenters. The van der Waals surface area contributed by atoms with Crippen LogP contribution in [0.25, 0.3) is 0 Å². The van der Waals surface area contributed by atoms with E-state index in [2.05, 4.69) is 5.32 Å². The summed E-state index contributed by atoms with van der Waals surface area (Å²) >= 11 is 0. The third-order valence-corrected chi connectivity index (χ3v) is 4.38. The molecule has 2 aromatic carbocycles. The van der Waals surface area contributed by atoms with Crippen molar-refractivity contribution < 1.29 is 24.7 Å². The zero-order chi connectivity index (χ0) is 18.4. The van der Waals surface area contributed by atoms with E-state index in [-0.39, 0.29) is 18.2 Å². The minimum atomic E-state index is -1.07. The predicted molar refractivity (Wildman–Crippen MR) is 93.6 cm³/mol. The Morgan fingerprint density at radius 3 is 2.65 bits per heavy atom. The van der Waals surface area contributed by atoms with Crippen molar-refractivity contribution in [2.24, 2.45) is 5.92 Å². The molecule has 6 nitrogen and oxygen atoms in total. The number of ether oxygens (including phenoxy) is 1. The zero-order valence-electron chi connectivity index (χ0n) is 14.5. The van der Waals surface area contributed by atoms with Crippen molar-refractivity contribution in [1.29, 1.82) is 0 Å². The Morgan fingerprint density at radius 2 is 1.88 bits per heavy atom. The van der Waals surface area contributed by atoms with Crippen molar-refractivity contribution >= 4 is 11.9 Å². The number of carboxylic acid groups (broad SMARTS) is 1. The number of nitrogens with zero attached hydrogens (tertiary/aromatic N) is 1. The fraction of sp³-hybridized carbons (Fsp3) is 0.300. The molecule has 0 spiro atoms. The average Bonchev–Trinajstić information content (AvgIpc) is 2.87. The first-order chi connectivity index (χ1) is 12.6. The number of para-hydroxylation sites is 1. The summed E-state index contributed by atoms with van der Waals surface area (Å²) in [6, 6.07) is 16.4. The number of rotatable bonds is 5. The van der Waals surface area contributed by atoms with Gasteiger partial charge in [0.15, 0.2) is 0 Å². The molecule has 1 heterocycles. The number of carbonyl (C=O) groups is 2. The molecule has 3 rings (SSSR count). The third-order valence-electron chi connectivity index (χ3n) is 4.38. The summed E-state index contributed by atoms with van der Waals surface area (Å²) in [6.07, 6.45) is -0.0303. The van der Waals surface area contributed by atoms with E-state index < -0.39 is 5.97 Å². The van der Waals surface area contributed by atoms with Gasteiger partial charge in [0.1, 0.15) is 11.5 Å². The zero-order valence-corrected chi connectivity index (χ0v) is 14.5. The Balaban J connectivity index is 1.72. The van der Waals surface area contributed by atoms with Crippen LogP contribution in [-0.2, 0) is 4.79 Å². The van der Waals surface area contributed by atoms with Crippen LogP contribution in [0.4, 0.5) is 0 Å². The molecule has 1 amide bonds. The van der Waals surface area contributed by atoms with Gasteiger partial charge >= 0.3 is 0 Å². The van der Waals surface area contributed by atoms with Crippen LogP contribution >= 0.6 is 0 Å². The van der Waals surface area contributed by atoms with Crippen LogP contribution in [0, 0.1) is 5.92 Å². The van der Waals surface area contributed by atoms with Gasteiger partial charge in [-0.25, -0.2) is 0 Å². The number of nitrogens with two attached hydrogens (primary N) is 1. The second-order valence-electron chi connectivity index (χ2n) is 6.45. The normalized spacial score (nSPS) is 17.4. The van der Waals surface area contributed by atoms with Gasteiger partial charge in [0.25, 0.3) is 5.91 Å². The summed E-state index contributed by atoms with van der Waals surface area (Å²) in [5.74, 6) is 0.0125. The minimum absolute atomic E-state index is 0.0303. The van der Waals surface area contributed by atoms with Crippen molar-refractivity contribution in [3.8, 4) is 11.5 Å². The summed E-state index contributed by atoms with van der Waals surface area (Å²) < 4.78 is 5.79. The van der Waals surface area contributed by atoms with E-state index in [1.807, 2.05) is 30.3 Å². The first kappa shape index (κ1) is 17.9. The molecule has 2 N–H and O–H groups in total. The number of carboxylic acids is 1. The first-order valence-corrected chi connectivity index (χ1v) is 8.75. The predicted octanol–water partition coefficient (Wildman–Crippen LogP) is 0.254. The van der Waals surface area contributed by atoms with Crippen molar-refractivity contribution in [1.82, 2.24) is 4.90 Å². The molecule has 6 heteroatoms. The number of carbonyl (C=O) groups excluding carboxylic acids is 2. The molecule has 0 aliphatic carbocycles. The summed E-state index contributed by atoms with van der Waals surface area (Å²) in [7, 11) is 0. The lowest BCUT2D eigenvalue weighted by molar-refractivity contribution is -0.656. The lowest BCUT2D eigenvalue weighted by Crippen LogP contribution is -2.86. The smallest absolute Gasteiger partial charge is 0.254 e. The van der Waals surface area contributed by atoms with Gasteiger partial charge in [-0.15, -0.1) is 0 Å². The summed E-state index contributed by atoms with van der Waals surface area (Å²) in [5.41, 5.74) is 0.535. The number of amides is 1. The highest BCUT2D eigenvalue weighted by atomic mass is 16.5. The molecule has 1 aliphatic heterocycles. The van der Waals surface area contributed by atoms with Gasteiger partial charge < -0.3 is 24.9 Å². The SMILES string of the molecule is O=C([O-])C[C@H]1C[NH2+]CCN(C(=O)c2cccc(Oc3ccccc3)c2)C1. The standard InChI is InChI=1S/C20H22N2O4/c23-19(24)11-15-13-21-9-10-22(14-15)20(25)16-5-4-8-18(12-16)26-17-6-2-1-3-7-17/h1-8,12,15,21H,9-11,13-14H2,(H,23,24)/t15-/m0/s1. The molecule has 2 aromatic rings. The monoisotopic (exact) mass is 354 g/mol. The van der Waals surface area contributed by atoms with Crippen LogP contribution < -0.4 is 15.2 Å². The fourth-order valence-electron chi connectivity index (χ4n) is 3.15. The lowest BCUT2D eigenvalue weighted by atomic mass is 10.0. The summed E-state index contributed by atoms with van der Waals surface area (Å²) in [6.45, 7) is 2.46. The van der Waals surface area contributed by atoms with Crippen molar-refractivity contribution in [2.45, 2.75) is 6.42 Å². The Hall–Kier alpha value is -2.86. The van der Waals surface area contributed by atoms with E-state index in [4.69, 9.17) is 4.74 Å². The molecule has 0 radical (unpaired) electrons. The summed E-state index contributed by atoms with van der Waals surface area (Å²) in [4.78, 5) is 25.5. The van der Waals surface area contributed by atoms with E-state index in [1.165, 1.54) is 0 Å². The van der Waals surface area contributed by atoms with Crippen LogP contribution in [0.15, 0.2) is 54.6 Å². The topological polar surface area (TPSA) is 86.3 Å². The molecule has 1 saturated heterocycles. The highest BCUT2D eigenvalue weighted by molar-refractivity contribution is 5.94. The van der Waals surface area contributed by atoms with Gasteiger partial charge in [-0.2, -0.15) is 0 Å². The lowest BCUT2D eigenvalue weighted by Gasteiger charge is -2.23. The maximum absolute atomic E-state index is 12.9. The van der Waals surface area contributed by atoms with Gasteiger partial charge in [-0.1, -0.05) is 24.3 Å². The van der Waals surface area contributed by atoms with Crippen molar-refractivity contribution in [3.63, 3.8) is 0 Å². The second kappa shape index (κ2) is 8.49. The largest absolute Gasteiger partial charge is 0.550 e. The van der Waals surface area contributed by atoms with Gasteiger partial charge in [-0.05, 0) is 36.8 Å². The molecule has 26 heavy (non-hydrogen) atoms. The van der Waals surface area contributed by atoms with Crippen molar-refractivity contribution in [2.75, 3.05) is 26.2 Å². The van der Waals surface area contributed by atoms with Crippen LogP contribution in [0.3, 0.4) is 0 Å². The van der Waals surface area contributed by atoms with Crippen LogP contribution in [0.1, 0.15) is 16.8 Å². The van der Waals surface area contributed by atoms with E-state index in [0.29, 0.717) is 36.7 Å². The quantitative estimate of drug-likeness (QED) is 0.834. The Morgan fingerprint density at radius 1 is 1.12 bits per heavy atom. The third kappa shape index (κ3) is 4.83. The molecule has 0 aromatic heterocycles. The van der Waals surface area contributed by atoms with E-state index in [9.17, 15) is 14.7 Å². The van der Waals surface area contributed by atoms with Gasteiger partial charge in [0, 0.05) is 24.0 Å². The molecular weight excluding hydrogens is 332 g/mol. The van der Waals surface area contributed by atoms with Crippen molar-refractivity contribution in [3.05, 3.63) is 60.2 Å². The van der Waals surface area contributed by atoms with Crippen LogP contribution in [0.5, 0.6) is 11.5 Å². The number of hydrogen-bond acceptors (Lipinski definition) is 4. The number of hydrogen-bond donors (Lipinski definition) is 1. The van der Waals surface area contributed by atoms with Gasteiger partial charge in [0.2, 0.25) is 0 Å². The highest BCUT2D eigenvalue weighted by Crippen LogP contribution is 2.22. The molecular formula is C20H22N2O4. The van der Waals surface area contributed by atoms with Gasteiger partial charge in [-0.3, -0.25) is 4.79 Å².